The number of aliphatic carboxylic acids is 1. The number of carbonyl (C=O) groups is 2. The zero-order chi connectivity index (χ0) is 29.0. The van der Waals surface area contributed by atoms with E-state index in [4.69, 9.17) is 27.9 Å². The van der Waals surface area contributed by atoms with Crippen molar-refractivity contribution in [2.75, 3.05) is 12.4 Å². The first-order valence-corrected chi connectivity index (χ1v) is 12.8. The first kappa shape index (κ1) is 28.9. The van der Waals surface area contributed by atoms with E-state index in [1.54, 1.807) is 48.5 Å². The molecule has 0 aliphatic carbocycles. The number of carboxylic acids is 1. The Balaban J connectivity index is 1.67. The molecule has 0 unspecified atom stereocenters. The molecule has 0 bridgehead atoms. The van der Waals surface area contributed by atoms with E-state index in [0.717, 1.165) is 0 Å². The van der Waals surface area contributed by atoms with Gasteiger partial charge in [-0.25, -0.2) is 14.4 Å². The summed E-state index contributed by atoms with van der Waals surface area (Å²) in [7, 11) is 1.43. The molecule has 2 heterocycles. The third kappa shape index (κ3) is 5.91. The lowest BCUT2D eigenvalue weighted by molar-refractivity contribution is -0.143. The largest absolute Gasteiger partial charge is 0.480 e. The summed E-state index contributed by atoms with van der Waals surface area (Å²) < 4.78 is 20.5. The van der Waals surface area contributed by atoms with Crippen molar-refractivity contribution in [3.63, 3.8) is 0 Å². The van der Waals surface area contributed by atoms with Gasteiger partial charge in [-0.05, 0) is 38.1 Å². The summed E-state index contributed by atoms with van der Waals surface area (Å²) in [6, 6.07) is 15.3. The number of hydrogen-bond acceptors (Lipinski definition) is 7. The van der Waals surface area contributed by atoms with Gasteiger partial charge in [-0.2, -0.15) is 0 Å². The van der Waals surface area contributed by atoms with Crippen molar-refractivity contribution < 1.29 is 23.8 Å². The average molecular weight is 583 g/mol. The van der Waals surface area contributed by atoms with E-state index in [2.05, 4.69) is 20.6 Å². The highest BCUT2D eigenvalue weighted by atomic mass is 35.5. The van der Waals surface area contributed by atoms with E-state index >= 15 is 4.39 Å². The molecule has 0 spiro atoms. The number of halogens is 3. The maximum absolute atomic E-state index is 15.3. The monoisotopic (exact) mass is 582 g/mol. The number of carboxylic acid groups (broad SMARTS) is 1. The highest BCUT2D eigenvalue weighted by Gasteiger charge is 2.27. The Bertz CT molecular complexity index is 1600. The summed E-state index contributed by atoms with van der Waals surface area (Å²) in [4.78, 5) is 31.1. The molecule has 0 aliphatic rings. The first-order chi connectivity index (χ1) is 19.1. The van der Waals surface area contributed by atoms with Gasteiger partial charge in [0.25, 0.3) is 0 Å². The van der Waals surface area contributed by atoms with Gasteiger partial charge < -0.3 is 15.2 Å². The summed E-state index contributed by atoms with van der Waals surface area (Å²) in [5.74, 6) is -1.59. The zero-order valence-electron chi connectivity index (χ0n) is 21.8. The Hall–Kier alpha value is -4.05. The summed E-state index contributed by atoms with van der Waals surface area (Å²) in [5.41, 5.74) is 1.98. The van der Waals surface area contributed by atoms with Crippen LogP contribution in [-0.2, 0) is 11.3 Å². The predicted octanol–water partition coefficient (Wildman–Crippen LogP) is 6.77. The zero-order valence-corrected chi connectivity index (χ0v) is 23.3. The van der Waals surface area contributed by atoms with Gasteiger partial charge in [-0.15, -0.1) is 0 Å². The minimum atomic E-state index is -1.24. The second-order valence-electron chi connectivity index (χ2n) is 9.29. The lowest BCUT2D eigenvalue weighted by atomic mass is 10.00. The van der Waals surface area contributed by atoms with Crippen LogP contribution in [0.5, 0.6) is 5.88 Å². The van der Waals surface area contributed by atoms with Gasteiger partial charge in [0, 0.05) is 35.0 Å². The Morgan fingerprint density at radius 2 is 1.73 bits per heavy atom. The van der Waals surface area contributed by atoms with Crippen LogP contribution in [0.2, 0.25) is 10.0 Å². The van der Waals surface area contributed by atoms with E-state index in [9.17, 15) is 14.7 Å². The fourth-order valence-corrected chi connectivity index (χ4v) is 4.46. The van der Waals surface area contributed by atoms with Gasteiger partial charge >= 0.3 is 5.97 Å². The van der Waals surface area contributed by atoms with Crippen LogP contribution >= 0.6 is 23.2 Å². The third-order valence-corrected chi connectivity index (χ3v) is 7.07. The van der Waals surface area contributed by atoms with Crippen molar-refractivity contribution in [1.29, 1.82) is 0 Å². The first-order valence-electron chi connectivity index (χ1n) is 12.0. The second-order valence-corrected chi connectivity index (χ2v) is 10.0. The van der Waals surface area contributed by atoms with Gasteiger partial charge in [-0.1, -0.05) is 53.5 Å². The number of benzene rings is 2. The van der Waals surface area contributed by atoms with Crippen molar-refractivity contribution >= 4 is 47.0 Å². The molecule has 4 aromatic rings. The Morgan fingerprint density at radius 3 is 2.40 bits per heavy atom. The van der Waals surface area contributed by atoms with Crippen LogP contribution in [0.25, 0.3) is 22.4 Å². The van der Waals surface area contributed by atoms with Gasteiger partial charge in [-0.3, -0.25) is 14.9 Å². The smallest absolute Gasteiger partial charge is 0.323 e. The Labute approximate surface area is 240 Å². The quantitative estimate of drug-likeness (QED) is 0.175. The Morgan fingerprint density at radius 1 is 1.05 bits per heavy atom. The number of ether oxygens (including phenoxy) is 1. The highest BCUT2D eigenvalue weighted by molar-refractivity contribution is 6.39. The van der Waals surface area contributed by atoms with E-state index in [1.807, 2.05) is 0 Å². The van der Waals surface area contributed by atoms with E-state index in [0.29, 0.717) is 44.9 Å². The molecule has 206 valence electrons. The van der Waals surface area contributed by atoms with Crippen molar-refractivity contribution in [2.45, 2.75) is 25.9 Å². The number of pyridine rings is 2. The number of aldehydes is 1. The number of rotatable bonds is 10. The van der Waals surface area contributed by atoms with Crippen LogP contribution in [-0.4, -0.2) is 40.0 Å². The van der Waals surface area contributed by atoms with Crippen molar-refractivity contribution in [3.8, 4) is 28.3 Å². The van der Waals surface area contributed by atoms with E-state index in [-0.39, 0.29) is 28.8 Å². The topological polar surface area (TPSA) is 113 Å². The summed E-state index contributed by atoms with van der Waals surface area (Å²) in [5, 5.41) is 15.7. The number of nitrogens with one attached hydrogen (secondary N) is 2. The molecule has 0 fully saturated rings. The maximum atomic E-state index is 15.3. The highest BCUT2D eigenvalue weighted by Crippen LogP contribution is 2.42. The second kappa shape index (κ2) is 12.0. The molecular weight excluding hydrogens is 558 g/mol. The minimum absolute atomic E-state index is 0.0227. The molecule has 0 saturated heterocycles. The molecular formula is C29H25Cl2FN4O4. The molecule has 0 aliphatic heterocycles. The molecule has 11 heteroatoms. The van der Waals surface area contributed by atoms with Crippen LogP contribution in [0.1, 0.15) is 29.8 Å². The maximum Gasteiger partial charge on any atom is 0.323 e. The van der Waals surface area contributed by atoms with Crippen LogP contribution in [0.15, 0.2) is 60.8 Å². The SMILES string of the molecule is COc1nc(-c2cccc(-c3cccc(Nc4nccc(CNC(C)(C)C(=O)O)c4F)c3Cl)c2Cl)ccc1C=O. The fourth-order valence-electron chi connectivity index (χ4n) is 3.86. The van der Waals surface area contributed by atoms with Crippen molar-refractivity contribution in [3.05, 3.63) is 87.8 Å². The fraction of sp³-hybridized carbons (Fsp3) is 0.172. The van der Waals surface area contributed by atoms with Gasteiger partial charge in [0.2, 0.25) is 5.88 Å². The van der Waals surface area contributed by atoms with Gasteiger partial charge in [0.1, 0.15) is 5.54 Å². The lowest BCUT2D eigenvalue weighted by Gasteiger charge is -2.21. The van der Waals surface area contributed by atoms with Crippen molar-refractivity contribution in [1.82, 2.24) is 15.3 Å². The molecule has 3 N–H and O–H groups in total. The van der Waals surface area contributed by atoms with E-state index < -0.39 is 17.3 Å². The molecule has 2 aromatic carbocycles. The molecule has 8 nitrogen and oxygen atoms in total. The number of anilines is 2. The molecule has 0 amide bonds. The summed E-state index contributed by atoms with van der Waals surface area (Å²) >= 11 is 13.6. The van der Waals surface area contributed by atoms with Crippen molar-refractivity contribution in [2.24, 2.45) is 0 Å². The van der Waals surface area contributed by atoms with Gasteiger partial charge in [0.15, 0.2) is 17.9 Å². The van der Waals surface area contributed by atoms with Crippen LogP contribution in [0.4, 0.5) is 15.9 Å². The number of carbonyl (C=O) groups excluding carboxylic acids is 1. The van der Waals surface area contributed by atoms with Crippen LogP contribution in [0, 0.1) is 5.82 Å². The number of methoxy groups -OCH3 is 1. The molecule has 0 radical (unpaired) electrons. The average Bonchev–Trinajstić information content (AvgIpc) is 2.94. The standard InChI is InChI=1S/C29H25Cl2FN4O4/c1-29(2,28(38)39)34-14-16-12-13-33-26(25(16)32)35-22-9-5-7-19(24(22)31)18-6-4-8-20(23(18)30)21-11-10-17(15-37)27(36-21)40-3/h4-13,15,34H,14H2,1-3H3,(H,33,35)(H,38,39). The predicted molar refractivity (Wildman–Crippen MR) is 153 cm³/mol. The molecule has 0 saturated carbocycles. The number of aromatic nitrogens is 2. The normalized spacial score (nSPS) is 11.2. The number of hydrogen-bond donors (Lipinski definition) is 3. The molecule has 40 heavy (non-hydrogen) atoms. The Kier molecular flexibility index (Phi) is 8.68. The minimum Gasteiger partial charge on any atom is -0.480 e. The van der Waals surface area contributed by atoms with Gasteiger partial charge in [0.05, 0.1) is 34.1 Å². The third-order valence-electron chi connectivity index (χ3n) is 6.25. The molecule has 4 rings (SSSR count). The van der Waals surface area contributed by atoms with Crippen LogP contribution < -0.4 is 15.4 Å². The molecule has 2 aromatic heterocycles. The number of nitrogens with zero attached hydrogens (tertiary/aromatic N) is 2. The summed E-state index contributed by atoms with van der Waals surface area (Å²) in [6.45, 7) is 2.96. The van der Waals surface area contributed by atoms with E-state index in [1.165, 1.54) is 33.2 Å². The van der Waals surface area contributed by atoms with Crippen LogP contribution in [0.3, 0.4) is 0 Å². The lowest BCUT2D eigenvalue weighted by Crippen LogP contribution is -2.46. The summed E-state index contributed by atoms with van der Waals surface area (Å²) in [6.07, 6.45) is 2.08. The molecule has 0 atom stereocenters.